The number of aliphatic hydroxyl groups is 2. The van der Waals surface area contributed by atoms with Crippen molar-refractivity contribution in [3.63, 3.8) is 0 Å². The molecule has 1 aromatic carbocycles. The van der Waals surface area contributed by atoms with E-state index < -0.39 is 69.1 Å². The molecule has 0 spiro atoms. The van der Waals surface area contributed by atoms with Gasteiger partial charge < -0.3 is 34.7 Å². The normalized spacial score (nSPS) is 24.5. The quantitative estimate of drug-likeness (QED) is 0.151. The minimum atomic E-state index is -4.55. The number of nitrogen functional groups attached to an aromatic ring is 1. The lowest BCUT2D eigenvalue weighted by Crippen LogP contribution is -2.61. The molecule has 0 unspecified atom stereocenters. The van der Waals surface area contributed by atoms with E-state index in [0.29, 0.717) is 0 Å². The number of aromatic amines is 1. The number of nitrogens with two attached hydrogens (primary N) is 1. The molecule has 0 bridgehead atoms. The smallest absolute Gasteiger partial charge is 0.468 e. The first kappa shape index (κ1) is 29.2. The number of esters is 2. The maximum absolute atomic E-state index is 14.0. The maximum atomic E-state index is 14.0. The van der Waals surface area contributed by atoms with E-state index in [1.54, 1.807) is 18.2 Å². The van der Waals surface area contributed by atoms with Gasteiger partial charge in [-0.25, -0.2) is 4.57 Å². The summed E-state index contributed by atoms with van der Waals surface area (Å²) < 4.78 is 42.1. The number of nitrogens with zero attached hydrogens (tertiary/aromatic N) is 2. The highest BCUT2D eigenvalue weighted by atomic mass is 31.2. The zero-order chi connectivity index (χ0) is 28.1. The molecule has 3 rings (SSSR count). The van der Waals surface area contributed by atoms with Crippen LogP contribution in [-0.2, 0) is 32.9 Å². The Hall–Kier alpha value is -3.33. The molecule has 1 aliphatic heterocycles. The number of methoxy groups -OCH3 is 2. The zero-order valence-corrected chi connectivity index (χ0v) is 21.8. The molecule has 38 heavy (non-hydrogen) atoms. The predicted octanol–water partition coefficient (Wildman–Crippen LogP) is -0.894. The van der Waals surface area contributed by atoms with Crippen molar-refractivity contribution in [2.24, 2.45) is 0 Å². The lowest BCUT2D eigenvalue weighted by Gasteiger charge is -2.29. The summed E-state index contributed by atoms with van der Waals surface area (Å²) in [4.78, 5) is 38.8. The van der Waals surface area contributed by atoms with Crippen LogP contribution in [0.15, 0.2) is 47.4 Å². The standard InChI is InChI=1S/C22H29N4O11P/c1-22(31)19(29)15(36-20(22)26-10-9-16(23)24-21(26)30)13-35-38(32,37-14-7-5-4-6-8-14)25(11-17(27)33-2)12-18(28)34-3/h4-10,15,19-20,29,31H,11-13H2,1-3H3,(H2,23,24,30)/p+1/t15-,19-,20-,22-,38-/m1/s1. The number of aromatic nitrogens is 2. The van der Waals surface area contributed by atoms with Gasteiger partial charge in [-0.05, 0) is 19.1 Å². The highest BCUT2D eigenvalue weighted by Crippen LogP contribution is 2.52. The number of para-hydroxylation sites is 1. The largest absolute Gasteiger partial charge is 0.499 e. The highest BCUT2D eigenvalue weighted by Gasteiger charge is 2.57. The van der Waals surface area contributed by atoms with Crippen LogP contribution in [0.1, 0.15) is 13.2 Å². The molecule has 0 saturated carbocycles. The molecule has 1 aliphatic rings. The number of benzene rings is 1. The second kappa shape index (κ2) is 12.0. The SMILES string of the molecule is COC(=O)CN(CC(=O)OC)[P@@](=O)(OC[C@H]1O[C@@H]([n+]2ccc(N)[nH]c2=O)[C@](C)(O)[C@@H]1O)Oc1ccccc1. The molecule has 5 N–H and O–H groups in total. The van der Waals surface area contributed by atoms with E-state index in [1.165, 1.54) is 31.3 Å². The van der Waals surface area contributed by atoms with Crippen LogP contribution in [0.5, 0.6) is 5.75 Å². The molecule has 5 atom stereocenters. The Balaban J connectivity index is 1.90. The van der Waals surface area contributed by atoms with Gasteiger partial charge in [-0.2, -0.15) is 19.0 Å². The van der Waals surface area contributed by atoms with Crippen LogP contribution in [0, 0.1) is 0 Å². The van der Waals surface area contributed by atoms with Crippen molar-refractivity contribution in [2.75, 3.05) is 39.6 Å². The van der Waals surface area contributed by atoms with Crippen LogP contribution in [-0.4, -0.2) is 83.5 Å². The molecule has 0 radical (unpaired) electrons. The Kier molecular flexibility index (Phi) is 9.25. The highest BCUT2D eigenvalue weighted by molar-refractivity contribution is 7.51. The van der Waals surface area contributed by atoms with Gasteiger partial charge in [0.05, 0.1) is 20.8 Å². The molecular formula is C22H30N4O11P+. The van der Waals surface area contributed by atoms with Gasteiger partial charge in [-0.1, -0.05) is 18.2 Å². The van der Waals surface area contributed by atoms with E-state index in [0.717, 1.165) is 23.5 Å². The van der Waals surface area contributed by atoms with Crippen molar-refractivity contribution in [3.05, 3.63) is 53.1 Å². The van der Waals surface area contributed by atoms with Crippen LogP contribution in [0.4, 0.5) is 5.82 Å². The van der Waals surface area contributed by atoms with Gasteiger partial charge >= 0.3 is 25.4 Å². The summed E-state index contributed by atoms with van der Waals surface area (Å²) in [5.74, 6) is -1.56. The van der Waals surface area contributed by atoms with Crippen LogP contribution >= 0.6 is 7.75 Å². The summed E-state index contributed by atoms with van der Waals surface area (Å²) >= 11 is 0. The van der Waals surface area contributed by atoms with E-state index in [-0.39, 0.29) is 11.6 Å². The van der Waals surface area contributed by atoms with E-state index in [1.807, 2.05) is 0 Å². The molecule has 0 amide bonds. The third-order valence-corrected chi connectivity index (χ3v) is 7.59. The number of rotatable bonds is 11. The van der Waals surface area contributed by atoms with Gasteiger partial charge in [0.25, 0.3) is 0 Å². The van der Waals surface area contributed by atoms with Gasteiger partial charge in [0, 0.05) is 6.07 Å². The fourth-order valence-electron chi connectivity index (χ4n) is 3.62. The summed E-state index contributed by atoms with van der Waals surface area (Å²) in [6, 6.07) is 9.17. The average molecular weight is 557 g/mol. The number of hydrogen-bond donors (Lipinski definition) is 4. The second-order valence-corrected chi connectivity index (χ2v) is 10.4. The van der Waals surface area contributed by atoms with Crippen molar-refractivity contribution >= 4 is 25.5 Å². The number of anilines is 1. The monoisotopic (exact) mass is 557 g/mol. The number of nitrogens with one attached hydrogen (secondary N) is 1. The zero-order valence-electron chi connectivity index (χ0n) is 20.9. The first-order valence-corrected chi connectivity index (χ1v) is 12.7. The molecule has 2 heterocycles. The van der Waals surface area contributed by atoms with Crippen molar-refractivity contribution in [3.8, 4) is 5.75 Å². The maximum Gasteiger partial charge on any atom is 0.499 e. The van der Waals surface area contributed by atoms with Gasteiger partial charge in [-0.15, -0.1) is 0 Å². The molecule has 2 aromatic rings. The Bertz CT molecular complexity index is 1220. The second-order valence-electron chi connectivity index (χ2n) is 8.45. The van der Waals surface area contributed by atoms with Crippen molar-refractivity contribution < 1.29 is 52.2 Å². The third-order valence-electron chi connectivity index (χ3n) is 5.70. The van der Waals surface area contributed by atoms with Crippen molar-refractivity contribution in [1.29, 1.82) is 0 Å². The fourth-order valence-corrected chi connectivity index (χ4v) is 5.26. The summed E-state index contributed by atoms with van der Waals surface area (Å²) in [6.07, 6.45) is -3.07. The lowest BCUT2D eigenvalue weighted by atomic mass is 9.96. The summed E-state index contributed by atoms with van der Waals surface area (Å²) in [7, 11) is -2.34. The Morgan fingerprint density at radius 1 is 1.18 bits per heavy atom. The minimum absolute atomic E-state index is 0.0691. The average Bonchev–Trinajstić information content (AvgIpc) is 3.10. The molecule has 1 saturated heterocycles. The van der Waals surface area contributed by atoms with Gasteiger partial charge in [-0.3, -0.25) is 14.1 Å². The number of aliphatic hydroxyl groups excluding tert-OH is 1. The number of H-pyrrole nitrogens is 1. The van der Waals surface area contributed by atoms with Crippen molar-refractivity contribution in [2.45, 2.75) is 31.0 Å². The first-order chi connectivity index (χ1) is 17.9. The number of ether oxygens (including phenoxy) is 3. The molecule has 1 aromatic heterocycles. The van der Waals surface area contributed by atoms with Crippen LogP contribution in [0.3, 0.4) is 0 Å². The van der Waals surface area contributed by atoms with E-state index in [2.05, 4.69) is 14.5 Å². The van der Waals surface area contributed by atoms with E-state index in [9.17, 15) is 29.2 Å². The molecule has 16 heteroatoms. The third kappa shape index (κ3) is 6.56. The summed E-state index contributed by atoms with van der Waals surface area (Å²) in [5, 5.41) is 21.7. The van der Waals surface area contributed by atoms with E-state index in [4.69, 9.17) is 19.5 Å². The van der Waals surface area contributed by atoms with Gasteiger partial charge in [0.2, 0.25) is 6.23 Å². The Labute approximate surface area is 217 Å². The lowest BCUT2D eigenvalue weighted by molar-refractivity contribution is -0.786. The number of carbonyl (C=O) groups is 2. The van der Waals surface area contributed by atoms with Crippen molar-refractivity contribution in [1.82, 2.24) is 9.65 Å². The topological polar surface area (TPSA) is 204 Å². The van der Waals surface area contributed by atoms with Crippen LogP contribution in [0.25, 0.3) is 0 Å². The molecule has 1 fully saturated rings. The molecule has 208 valence electrons. The summed E-state index contributed by atoms with van der Waals surface area (Å²) in [6.45, 7) is -0.766. The predicted molar refractivity (Wildman–Crippen MR) is 128 cm³/mol. The van der Waals surface area contributed by atoms with Gasteiger partial charge in [0.15, 0.2) is 11.4 Å². The molecule has 15 nitrogen and oxygen atoms in total. The Morgan fingerprint density at radius 3 is 2.34 bits per heavy atom. The molecular weight excluding hydrogens is 527 g/mol. The Morgan fingerprint density at radius 2 is 1.79 bits per heavy atom. The fraction of sp³-hybridized carbons (Fsp3) is 0.455. The molecule has 0 aliphatic carbocycles. The minimum Gasteiger partial charge on any atom is -0.468 e. The number of carbonyl (C=O) groups excluding carboxylic acids is 2. The first-order valence-electron chi connectivity index (χ1n) is 11.3. The van der Waals surface area contributed by atoms with Crippen LogP contribution in [0.2, 0.25) is 0 Å². The summed E-state index contributed by atoms with van der Waals surface area (Å²) in [5.41, 5.74) is 2.85. The van der Waals surface area contributed by atoms with Gasteiger partial charge in [0.1, 0.15) is 37.2 Å². The number of hydrogen-bond acceptors (Lipinski definition) is 12. The van der Waals surface area contributed by atoms with Crippen LogP contribution < -0.4 is 20.5 Å². The van der Waals surface area contributed by atoms with E-state index >= 15 is 0 Å².